The number of nitrogens with two attached hydrogens (primary N) is 1. The molecule has 0 atom stereocenters. The maximum Gasteiger partial charge on any atom is 0.201 e. The Labute approximate surface area is 116 Å². The highest BCUT2D eigenvalue weighted by molar-refractivity contribution is 8.00. The van der Waals surface area contributed by atoms with Crippen LogP contribution in [0.2, 0.25) is 0 Å². The van der Waals surface area contributed by atoms with Gasteiger partial charge in [-0.1, -0.05) is 12.8 Å². The number of rotatable bonds is 3. The number of imidazole rings is 1. The summed E-state index contributed by atoms with van der Waals surface area (Å²) in [6.45, 7) is 0.863. The topological polar surface area (TPSA) is 43.8 Å². The Morgan fingerprint density at radius 1 is 1.42 bits per heavy atom. The van der Waals surface area contributed by atoms with Crippen LogP contribution in [0.3, 0.4) is 0 Å². The summed E-state index contributed by atoms with van der Waals surface area (Å²) in [7, 11) is 0. The third-order valence-corrected chi connectivity index (χ3v) is 5.54. The lowest BCUT2D eigenvalue weighted by molar-refractivity contribution is 0.518. The fourth-order valence-electron chi connectivity index (χ4n) is 3.02. The number of thioether (sulfide) groups is 1. The van der Waals surface area contributed by atoms with Crippen molar-refractivity contribution < 1.29 is 4.39 Å². The second-order valence-electron chi connectivity index (χ2n) is 5.28. The van der Waals surface area contributed by atoms with Crippen LogP contribution in [0.15, 0.2) is 18.2 Å². The zero-order valence-electron chi connectivity index (χ0n) is 11.0. The number of hydrogen-bond acceptors (Lipinski definition) is 3. The number of anilines is 1. The molecule has 1 aliphatic rings. The molecule has 0 amide bonds. The summed E-state index contributed by atoms with van der Waals surface area (Å²) in [6.07, 6.45) is 7.16. The summed E-state index contributed by atoms with van der Waals surface area (Å²) >= 11 is 1.92. The lowest BCUT2D eigenvalue weighted by Crippen LogP contribution is -2.27. The molecule has 1 fully saturated rings. The number of fused-ring (bicyclic) bond motifs is 1. The normalized spacial score (nSPS) is 18.2. The van der Waals surface area contributed by atoms with Gasteiger partial charge in [0.1, 0.15) is 5.82 Å². The summed E-state index contributed by atoms with van der Waals surface area (Å²) in [4.78, 5) is 4.27. The van der Waals surface area contributed by atoms with Gasteiger partial charge in [-0.15, -0.1) is 0 Å². The predicted octanol–water partition coefficient (Wildman–Crippen LogP) is 3.43. The summed E-state index contributed by atoms with van der Waals surface area (Å²) in [6, 6.07) is 4.69. The van der Waals surface area contributed by atoms with E-state index in [1.807, 2.05) is 16.3 Å². The third-order valence-electron chi connectivity index (χ3n) is 4.13. The Morgan fingerprint density at radius 2 is 2.16 bits per heavy atom. The Kier molecular flexibility index (Phi) is 3.17. The van der Waals surface area contributed by atoms with Crippen molar-refractivity contribution in [2.45, 2.75) is 37.0 Å². The fraction of sp³-hybridized carbons (Fsp3) is 0.500. The average Bonchev–Trinajstić information content (AvgIpc) is 2.96. The summed E-state index contributed by atoms with van der Waals surface area (Å²) < 4.78 is 15.5. The molecular weight excluding hydrogens is 261 g/mol. The van der Waals surface area contributed by atoms with Crippen LogP contribution in [-0.2, 0) is 6.54 Å². The average molecular weight is 279 g/mol. The van der Waals surface area contributed by atoms with Crippen molar-refractivity contribution in [1.29, 1.82) is 0 Å². The summed E-state index contributed by atoms with van der Waals surface area (Å²) in [5, 5.41) is 0. The Balaban J connectivity index is 2.02. The fourth-order valence-corrected chi connectivity index (χ4v) is 3.98. The Hall–Kier alpha value is -1.23. The van der Waals surface area contributed by atoms with Gasteiger partial charge in [0, 0.05) is 17.4 Å². The molecule has 1 aliphatic carbocycles. The Morgan fingerprint density at radius 3 is 2.84 bits per heavy atom. The minimum absolute atomic E-state index is 0.260. The molecule has 102 valence electrons. The molecule has 1 aromatic carbocycles. The molecule has 0 spiro atoms. The maximum atomic E-state index is 13.2. The molecule has 0 radical (unpaired) electrons. The van der Waals surface area contributed by atoms with Crippen LogP contribution in [0, 0.1) is 5.82 Å². The third kappa shape index (κ3) is 2.20. The number of nitrogen functional groups attached to an aromatic ring is 1. The number of halogens is 1. The van der Waals surface area contributed by atoms with Crippen LogP contribution in [-0.4, -0.2) is 20.6 Å². The van der Waals surface area contributed by atoms with E-state index in [2.05, 4.69) is 11.2 Å². The van der Waals surface area contributed by atoms with E-state index in [-0.39, 0.29) is 10.6 Å². The van der Waals surface area contributed by atoms with Crippen LogP contribution < -0.4 is 5.73 Å². The largest absolute Gasteiger partial charge is 0.369 e. The van der Waals surface area contributed by atoms with Gasteiger partial charge >= 0.3 is 0 Å². The van der Waals surface area contributed by atoms with Gasteiger partial charge in [-0.2, -0.15) is 11.8 Å². The van der Waals surface area contributed by atoms with E-state index in [1.54, 1.807) is 6.07 Å². The van der Waals surface area contributed by atoms with Crippen molar-refractivity contribution in [3.8, 4) is 0 Å². The molecule has 0 bridgehead atoms. The lowest BCUT2D eigenvalue weighted by atomic mass is 10.1. The highest BCUT2D eigenvalue weighted by Gasteiger charge is 2.34. The maximum absolute atomic E-state index is 13.2. The number of nitrogens with zero attached hydrogens (tertiary/aromatic N) is 2. The molecule has 0 saturated heterocycles. The first-order valence-corrected chi connectivity index (χ1v) is 7.82. The molecule has 1 aromatic heterocycles. The molecule has 1 heterocycles. The van der Waals surface area contributed by atoms with E-state index in [4.69, 9.17) is 5.73 Å². The minimum Gasteiger partial charge on any atom is -0.369 e. The van der Waals surface area contributed by atoms with E-state index < -0.39 is 0 Å². The standard InChI is InChI=1S/C14H18FN3S/c1-19-14(6-2-3-7-14)9-18-12-5-4-10(15)8-11(12)17-13(18)16/h4-5,8H,2-3,6-7,9H2,1H3,(H2,16,17). The molecular formula is C14H18FN3S. The smallest absolute Gasteiger partial charge is 0.201 e. The molecule has 3 nitrogen and oxygen atoms in total. The first-order valence-electron chi connectivity index (χ1n) is 6.60. The van der Waals surface area contributed by atoms with E-state index in [0.29, 0.717) is 11.5 Å². The molecule has 0 aliphatic heterocycles. The Bertz CT molecular complexity index is 602. The zero-order valence-corrected chi connectivity index (χ0v) is 11.8. The number of benzene rings is 1. The van der Waals surface area contributed by atoms with Gasteiger partial charge in [0.25, 0.3) is 0 Å². The van der Waals surface area contributed by atoms with Gasteiger partial charge < -0.3 is 10.3 Å². The van der Waals surface area contributed by atoms with Gasteiger partial charge in [-0.25, -0.2) is 9.37 Å². The second-order valence-corrected chi connectivity index (χ2v) is 6.56. The van der Waals surface area contributed by atoms with Crippen molar-refractivity contribution in [2.24, 2.45) is 0 Å². The predicted molar refractivity (Wildman–Crippen MR) is 78.8 cm³/mol. The highest BCUT2D eigenvalue weighted by Crippen LogP contribution is 2.42. The van der Waals surface area contributed by atoms with Crippen LogP contribution in [0.4, 0.5) is 10.3 Å². The highest BCUT2D eigenvalue weighted by atomic mass is 32.2. The van der Waals surface area contributed by atoms with Crippen LogP contribution in [0.25, 0.3) is 11.0 Å². The van der Waals surface area contributed by atoms with E-state index in [1.165, 1.54) is 37.8 Å². The molecule has 3 rings (SSSR count). The van der Waals surface area contributed by atoms with Gasteiger partial charge in [-0.3, -0.25) is 0 Å². The molecule has 1 saturated carbocycles. The van der Waals surface area contributed by atoms with Crippen molar-refractivity contribution in [2.75, 3.05) is 12.0 Å². The monoisotopic (exact) mass is 279 g/mol. The molecule has 2 N–H and O–H groups in total. The van der Waals surface area contributed by atoms with Crippen molar-refractivity contribution in [3.05, 3.63) is 24.0 Å². The van der Waals surface area contributed by atoms with Gasteiger partial charge in [0.05, 0.1) is 11.0 Å². The van der Waals surface area contributed by atoms with Crippen molar-refractivity contribution >= 4 is 28.7 Å². The van der Waals surface area contributed by atoms with Crippen molar-refractivity contribution in [1.82, 2.24) is 9.55 Å². The van der Waals surface area contributed by atoms with Crippen molar-refractivity contribution in [3.63, 3.8) is 0 Å². The quantitative estimate of drug-likeness (QED) is 0.936. The number of hydrogen-bond donors (Lipinski definition) is 1. The first-order chi connectivity index (χ1) is 9.13. The van der Waals surface area contributed by atoms with Gasteiger partial charge in [-0.05, 0) is 31.2 Å². The molecule has 2 aromatic rings. The lowest BCUT2D eigenvalue weighted by Gasteiger charge is -2.27. The van der Waals surface area contributed by atoms with E-state index in [9.17, 15) is 4.39 Å². The van der Waals surface area contributed by atoms with E-state index >= 15 is 0 Å². The van der Waals surface area contributed by atoms with Crippen LogP contribution >= 0.6 is 11.8 Å². The molecule has 5 heteroatoms. The van der Waals surface area contributed by atoms with Gasteiger partial charge in [0.2, 0.25) is 5.95 Å². The molecule has 0 unspecified atom stereocenters. The second kappa shape index (κ2) is 4.71. The number of aromatic nitrogens is 2. The first kappa shape index (κ1) is 12.8. The summed E-state index contributed by atoms with van der Waals surface area (Å²) in [5.41, 5.74) is 7.59. The SMILES string of the molecule is CSC1(Cn2c(N)nc3cc(F)ccc32)CCCC1. The zero-order chi connectivity index (χ0) is 13.5. The van der Waals surface area contributed by atoms with Crippen LogP contribution in [0.1, 0.15) is 25.7 Å². The van der Waals surface area contributed by atoms with E-state index in [0.717, 1.165) is 12.1 Å². The minimum atomic E-state index is -0.266. The van der Waals surface area contributed by atoms with Gasteiger partial charge in [0.15, 0.2) is 0 Å². The summed E-state index contributed by atoms with van der Waals surface area (Å²) in [5.74, 6) is 0.221. The van der Waals surface area contributed by atoms with Crippen LogP contribution in [0.5, 0.6) is 0 Å². The molecule has 19 heavy (non-hydrogen) atoms.